The molecule has 1 saturated heterocycles. The third-order valence-electron chi connectivity index (χ3n) is 3.53. The maximum absolute atomic E-state index is 12.1. The Labute approximate surface area is 121 Å². The van der Waals surface area contributed by atoms with Gasteiger partial charge in [-0.15, -0.1) is 0 Å². The number of quaternary nitrogens is 1. The van der Waals surface area contributed by atoms with Crippen molar-refractivity contribution in [1.29, 1.82) is 0 Å². The number of morpholine rings is 1. The van der Waals surface area contributed by atoms with Gasteiger partial charge in [-0.2, -0.15) is 0 Å². The number of hydrogen-bond acceptors (Lipinski definition) is 2. The fraction of sp³-hybridized carbons (Fsp3) is 0.562. The molecule has 4 heteroatoms. The quantitative estimate of drug-likeness (QED) is 0.863. The normalized spacial score (nSPS) is 26.3. The minimum atomic E-state index is 0.0753. The third kappa shape index (κ3) is 4.32. The van der Waals surface area contributed by atoms with Crippen LogP contribution in [0.3, 0.4) is 0 Å². The van der Waals surface area contributed by atoms with Gasteiger partial charge in [0, 0.05) is 5.69 Å². The van der Waals surface area contributed by atoms with Crippen molar-refractivity contribution in [2.24, 2.45) is 0 Å². The molecule has 20 heavy (non-hydrogen) atoms. The number of carbonyl (C=O) groups excluding carboxylic acids is 1. The highest BCUT2D eigenvalue weighted by atomic mass is 16.5. The largest absolute Gasteiger partial charge is 0.364 e. The molecule has 2 rings (SSSR count). The summed E-state index contributed by atoms with van der Waals surface area (Å²) in [5.41, 5.74) is 3.23. The Morgan fingerprint density at radius 2 is 1.75 bits per heavy atom. The van der Waals surface area contributed by atoms with Crippen LogP contribution in [0.5, 0.6) is 0 Å². The summed E-state index contributed by atoms with van der Waals surface area (Å²) in [6.07, 6.45) is 0.450. The van der Waals surface area contributed by atoms with E-state index in [1.165, 1.54) is 16.0 Å². The molecule has 0 aromatic heterocycles. The molecular formula is C16H25N2O2+. The fourth-order valence-corrected chi connectivity index (χ4v) is 3.01. The number of carbonyl (C=O) groups is 1. The molecular weight excluding hydrogens is 252 g/mol. The van der Waals surface area contributed by atoms with E-state index in [4.69, 9.17) is 4.74 Å². The van der Waals surface area contributed by atoms with Crippen molar-refractivity contribution in [2.75, 3.05) is 25.0 Å². The predicted molar refractivity (Wildman–Crippen MR) is 80.1 cm³/mol. The van der Waals surface area contributed by atoms with Crippen LogP contribution in [0.2, 0.25) is 0 Å². The number of amides is 1. The van der Waals surface area contributed by atoms with Crippen molar-refractivity contribution < 1.29 is 14.4 Å². The molecule has 2 N–H and O–H groups in total. The summed E-state index contributed by atoms with van der Waals surface area (Å²) in [5, 5.41) is 3.00. The Morgan fingerprint density at radius 1 is 1.20 bits per heavy atom. The lowest BCUT2D eigenvalue weighted by atomic mass is 10.1. The maximum atomic E-state index is 12.1. The second kappa shape index (κ2) is 6.37. The number of aryl methyl sites for hydroxylation is 2. The molecule has 0 saturated carbocycles. The average molecular weight is 277 g/mol. The molecule has 0 spiro atoms. The molecule has 1 aliphatic rings. The zero-order chi connectivity index (χ0) is 14.7. The zero-order valence-electron chi connectivity index (χ0n) is 12.8. The molecule has 0 aliphatic carbocycles. The van der Waals surface area contributed by atoms with Crippen LogP contribution in [-0.2, 0) is 9.53 Å². The topological polar surface area (TPSA) is 42.8 Å². The van der Waals surface area contributed by atoms with Gasteiger partial charge in [0.15, 0.2) is 6.54 Å². The van der Waals surface area contributed by atoms with Crippen molar-refractivity contribution in [1.82, 2.24) is 0 Å². The molecule has 3 atom stereocenters. The molecule has 1 aliphatic heterocycles. The first-order valence-corrected chi connectivity index (χ1v) is 7.29. The van der Waals surface area contributed by atoms with Crippen molar-refractivity contribution >= 4 is 11.6 Å². The molecule has 1 unspecified atom stereocenters. The zero-order valence-corrected chi connectivity index (χ0v) is 12.8. The predicted octanol–water partition coefficient (Wildman–Crippen LogP) is 0.934. The molecule has 1 aromatic rings. The highest BCUT2D eigenvalue weighted by molar-refractivity contribution is 5.91. The average Bonchev–Trinajstić information content (AvgIpc) is 2.24. The van der Waals surface area contributed by atoms with Crippen LogP contribution in [0.15, 0.2) is 18.2 Å². The van der Waals surface area contributed by atoms with Gasteiger partial charge in [0.05, 0.1) is 0 Å². The van der Waals surface area contributed by atoms with Gasteiger partial charge in [0.1, 0.15) is 25.3 Å². The van der Waals surface area contributed by atoms with Gasteiger partial charge in [-0.3, -0.25) is 4.79 Å². The number of nitrogens with one attached hydrogen (secondary N) is 2. The number of anilines is 1. The lowest BCUT2D eigenvalue weighted by Crippen LogP contribution is -3.16. The Hall–Kier alpha value is -1.39. The number of hydrogen-bond donors (Lipinski definition) is 2. The molecule has 110 valence electrons. The molecule has 1 amide bonds. The first-order valence-electron chi connectivity index (χ1n) is 7.29. The van der Waals surface area contributed by atoms with Gasteiger partial charge in [-0.1, -0.05) is 6.07 Å². The SMILES string of the molecule is Cc1cc(C)cc(NC(=O)C[NH+]2C[C@@H](C)O[C@@H](C)C2)c1. The Morgan fingerprint density at radius 3 is 2.30 bits per heavy atom. The van der Waals surface area contributed by atoms with Crippen LogP contribution in [-0.4, -0.2) is 37.7 Å². The van der Waals surface area contributed by atoms with Crippen LogP contribution >= 0.6 is 0 Å². The molecule has 1 heterocycles. The van der Waals surface area contributed by atoms with Gasteiger partial charge < -0.3 is 15.0 Å². The van der Waals surface area contributed by atoms with E-state index in [1.54, 1.807) is 0 Å². The highest BCUT2D eigenvalue weighted by Gasteiger charge is 2.27. The Kier molecular flexibility index (Phi) is 4.78. The van der Waals surface area contributed by atoms with E-state index in [0.717, 1.165) is 18.8 Å². The van der Waals surface area contributed by atoms with Gasteiger partial charge in [0.25, 0.3) is 5.91 Å². The van der Waals surface area contributed by atoms with Crippen molar-refractivity contribution in [3.8, 4) is 0 Å². The van der Waals surface area contributed by atoms with Crippen LogP contribution in [0.1, 0.15) is 25.0 Å². The van der Waals surface area contributed by atoms with Gasteiger partial charge in [-0.05, 0) is 51.0 Å². The number of rotatable bonds is 3. The first-order chi connectivity index (χ1) is 9.42. The number of benzene rings is 1. The monoisotopic (exact) mass is 277 g/mol. The Balaban J connectivity index is 1.92. The van der Waals surface area contributed by atoms with Gasteiger partial charge in [-0.25, -0.2) is 0 Å². The molecule has 1 aromatic carbocycles. The van der Waals surface area contributed by atoms with Crippen LogP contribution in [0, 0.1) is 13.8 Å². The van der Waals surface area contributed by atoms with Gasteiger partial charge in [0.2, 0.25) is 0 Å². The van der Waals surface area contributed by atoms with Crippen LogP contribution in [0.25, 0.3) is 0 Å². The maximum Gasteiger partial charge on any atom is 0.279 e. The van der Waals surface area contributed by atoms with Crippen LogP contribution in [0.4, 0.5) is 5.69 Å². The standard InChI is InChI=1S/C16H24N2O2/c1-11-5-12(2)7-15(6-11)17-16(19)10-18-8-13(3)20-14(4)9-18/h5-7,13-14H,8-10H2,1-4H3,(H,17,19)/p+1/t13-,14+. The van der Waals surface area contributed by atoms with E-state index in [2.05, 4.69) is 25.2 Å². The Bertz CT molecular complexity index is 457. The van der Waals surface area contributed by atoms with Crippen LogP contribution < -0.4 is 10.2 Å². The van der Waals surface area contributed by atoms with E-state index in [-0.39, 0.29) is 18.1 Å². The van der Waals surface area contributed by atoms with Crippen molar-refractivity contribution in [3.05, 3.63) is 29.3 Å². The highest BCUT2D eigenvalue weighted by Crippen LogP contribution is 2.13. The molecule has 0 radical (unpaired) electrons. The van der Waals surface area contributed by atoms with E-state index in [1.807, 2.05) is 26.0 Å². The van der Waals surface area contributed by atoms with Gasteiger partial charge >= 0.3 is 0 Å². The van der Waals surface area contributed by atoms with E-state index in [9.17, 15) is 4.79 Å². The summed E-state index contributed by atoms with van der Waals surface area (Å²) < 4.78 is 5.70. The smallest absolute Gasteiger partial charge is 0.279 e. The van der Waals surface area contributed by atoms with E-state index in [0.29, 0.717) is 6.54 Å². The second-order valence-corrected chi connectivity index (χ2v) is 6.02. The number of ether oxygens (including phenoxy) is 1. The summed E-state index contributed by atoms with van der Waals surface area (Å²) in [7, 11) is 0. The summed E-state index contributed by atoms with van der Waals surface area (Å²) >= 11 is 0. The van der Waals surface area contributed by atoms with Crippen molar-refractivity contribution in [3.63, 3.8) is 0 Å². The van der Waals surface area contributed by atoms with E-state index >= 15 is 0 Å². The lowest BCUT2D eigenvalue weighted by Gasteiger charge is -2.31. The summed E-state index contributed by atoms with van der Waals surface area (Å²) in [5.74, 6) is 0.0753. The summed E-state index contributed by atoms with van der Waals surface area (Å²) in [4.78, 5) is 13.4. The summed E-state index contributed by atoms with van der Waals surface area (Å²) in [6.45, 7) is 10.5. The minimum absolute atomic E-state index is 0.0753. The second-order valence-electron chi connectivity index (χ2n) is 6.02. The van der Waals surface area contributed by atoms with Crippen molar-refractivity contribution in [2.45, 2.75) is 39.9 Å². The molecule has 0 bridgehead atoms. The molecule has 1 fully saturated rings. The third-order valence-corrected chi connectivity index (χ3v) is 3.53. The fourth-order valence-electron chi connectivity index (χ4n) is 3.01. The van der Waals surface area contributed by atoms with E-state index < -0.39 is 0 Å². The summed E-state index contributed by atoms with van der Waals surface area (Å²) in [6, 6.07) is 6.11. The first kappa shape index (κ1) is 15.0. The lowest BCUT2D eigenvalue weighted by molar-refractivity contribution is -0.907. The minimum Gasteiger partial charge on any atom is -0.364 e. The molecule has 4 nitrogen and oxygen atoms in total.